The van der Waals surface area contributed by atoms with Crippen molar-refractivity contribution >= 4 is 5.97 Å². The minimum absolute atomic E-state index is 0.328. The van der Waals surface area contributed by atoms with Gasteiger partial charge in [-0.1, -0.05) is 43.0 Å². The summed E-state index contributed by atoms with van der Waals surface area (Å²) in [4.78, 5) is 10.8. The number of benzene rings is 1. The second-order valence-corrected chi connectivity index (χ2v) is 3.89. The summed E-state index contributed by atoms with van der Waals surface area (Å²) in [6.45, 7) is 4.97. The maximum Gasteiger partial charge on any atom is 0.303 e. The van der Waals surface area contributed by atoms with E-state index < -0.39 is 6.10 Å². The molecule has 92 valence electrons. The molecule has 0 saturated carbocycles. The predicted octanol–water partition coefficient (Wildman–Crippen LogP) is 2.62. The van der Waals surface area contributed by atoms with Gasteiger partial charge in [-0.15, -0.1) is 0 Å². The number of esters is 1. The molecule has 2 atom stereocenters. The first kappa shape index (κ1) is 13.5. The Balaban J connectivity index is 2.44. The van der Waals surface area contributed by atoms with E-state index >= 15 is 0 Å². The van der Waals surface area contributed by atoms with Gasteiger partial charge < -0.3 is 9.84 Å². The normalized spacial score (nSPS) is 13.8. The van der Waals surface area contributed by atoms with E-state index in [4.69, 9.17) is 4.74 Å². The fraction of sp³-hybridized carbons (Fsp3) is 0.357. The lowest BCUT2D eigenvalue weighted by atomic mass is 10.0. The van der Waals surface area contributed by atoms with Gasteiger partial charge in [0.15, 0.2) is 0 Å². The van der Waals surface area contributed by atoms with E-state index in [9.17, 15) is 9.90 Å². The number of ether oxygens (including phenoxy) is 1. The van der Waals surface area contributed by atoms with Crippen LogP contribution in [0.15, 0.2) is 43.0 Å². The summed E-state index contributed by atoms with van der Waals surface area (Å²) >= 11 is 0. The molecule has 17 heavy (non-hydrogen) atoms. The van der Waals surface area contributed by atoms with Crippen molar-refractivity contribution in [2.24, 2.45) is 0 Å². The van der Waals surface area contributed by atoms with E-state index in [2.05, 4.69) is 6.58 Å². The zero-order chi connectivity index (χ0) is 12.7. The molecular weight excluding hydrogens is 216 g/mol. The molecule has 0 heterocycles. The molecule has 0 fully saturated rings. The highest BCUT2D eigenvalue weighted by Gasteiger charge is 2.12. The third-order valence-corrected chi connectivity index (χ3v) is 2.49. The van der Waals surface area contributed by atoms with Crippen LogP contribution in [0, 0.1) is 0 Å². The Morgan fingerprint density at radius 1 is 1.41 bits per heavy atom. The maximum atomic E-state index is 10.8. The molecular formula is C14H18O3. The van der Waals surface area contributed by atoms with E-state index in [0.717, 1.165) is 5.56 Å². The lowest BCUT2D eigenvalue weighted by Crippen LogP contribution is -2.14. The van der Waals surface area contributed by atoms with Crippen LogP contribution in [-0.4, -0.2) is 17.2 Å². The van der Waals surface area contributed by atoms with E-state index in [1.807, 2.05) is 30.3 Å². The van der Waals surface area contributed by atoms with E-state index in [-0.39, 0.29) is 12.1 Å². The molecule has 1 aromatic rings. The molecule has 0 aliphatic heterocycles. The number of hydrogen-bond donors (Lipinski definition) is 1. The van der Waals surface area contributed by atoms with Crippen molar-refractivity contribution in [3.63, 3.8) is 0 Å². The fourth-order valence-electron chi connectivity index (χ4n) is 1.60. The largest absolute Gasteiger partial charge is 0.458 e. The molecule has 3 nitrogen and oxygen atoms in total. The highest BCUT2D eigenvalue weighted by molar-refractivity contribution is 5.66. The first-order chi connectivity index (χ1) is 8.13. The molecule has 0 saturated heterocycles. The Morgan fingerprint density at radius 3 is 2.59 bits per heavy atom. The molecule has 2 unspecified atom stereocenters. The first-order valence-corrected chi connectivity index (χ1v) is 5.66. The average molecular weight is 234 g/mol. The summed E-state index contributed by atoms with van der Waals surface area (Å²) < 4.78 is 5.02. The van der Waals surface area contributed by atoms with Crippen molar-refractivity contribution in [2.45, 2.75) is 32.0 Å². The summed E-state index contributed by atoms with van der Waals surface area (Å²) in [7, 11) is 0. The van der Waals surface area contributed by atoms with Crippen molar-refractivity contribution in [1.82, 2.24) is 0 Å². The van der Waals surface area contributed by atoms with Crippen LogP contribution < -0.4 is 0 Å². The van der Waals surface area contributed by atoms with Crippen LogP contribution in [0.2, 0.25) is 0 Å². The fourth-order valence-corrected chi connectivity index (χ4v) is 1.60. The molecule has 1 aromatic carbocycles. The summed E-state index contributed by atoms with van der Waals surface area (Å²) in [6.07, 6.45) is 1.83. The van der Waals surface area contributed by atoms with Gasteiger partial charge in [0.05, 0.1) is 6.10 Å². The van der Waals surface area contributed by atoms with Crippen LogP contribution in [-0.2, 0) is 9.53 Å². The summed E-state index contributed by atoms with van der Waals surface area (Å²) in [5.41, 5.74) is 0.873. The molecule has 0 aliphatic rings. The molecule has 0 radical (unpaired) electrons. The van der Waals surface area contributed by atoms with Gasteiger partial charge in [-0.3, -0.25) is 4.79 Å². The Labute approximate surface area is 102 Å². The molecule has 3 heteroatoms. The summed E-state index contributed by atoms with van der Waals surface area (Å²) in [5.74, 6) is -0.330. The van der Waals surface area contributed by atoms with E-state index in [1.54, 1.807) is 6.08 Å². The maximum absolute atomic E-state index is 10.8. The van der Waals surface area contributed by atoms with Crippen molar-refractivity contribution in [3.8, 4) is 0 Å². The highest BCUT2D eigenvalue weighted by Crippen LogP contribution is 2.19. The Kier molecular flexibility index (Phi) is 5.43. The predicted molar refractivity (Wildman–Crippen MR) is 66.4 cm³/mol. The minimum atomic E-state index is -0.533. The van der Waals surface area contributed by atoms with Gasteiger partial charge in [-0.2, -0.15) is 0 Å². The number of hydrogen-bond acceptors (Lipinski definition) is 3. The summed E-state index contributed by atoms with van der Waals surface area (Å²) in [5, 5.41) is 9.92. The number of aliphatic hydroxyl groups is 1. The van der Waals surface area contributed by atoms with Gasteiger partial charge in [0.25, 0.3) is 0 Å². The smallest absolute Gasteiger partial charge is 0.303 e. The quantitative estimate of drug-likeness (QED) is 0.608. The van der Waals surface area contributed by atoms with Crippen LogP contribution in [0.4, 0.5) is 0 Å². The third kappa shape index (κ3) is 4.83. The van der Waals surface area contributed by atoms with Crippen molar-refractivity contribution in [3.05, 3.63) is 48.6 Å². The van der Waals surface area contributed by atoms with Crippen molar-refractivity contribution in [1.29, 1.82) is 0 Å². The third-order valence-electron chi connectivity index (χ3n) is 2.49. The Bertz CT molecular complexity index is 359. The number of aliphatic hydroxyl groups excluding tert-OH is 1. The molecule has 0 spiro atoms. The number of carbonyl (C=O) groups is 1. The second-order valence-electron chi connectivity index (χ2n) is 3.89. The highest BCUT2D eigenvalue weighted by atomic mass is 16.5. The lowest BCUT2D eigenvalue weighted by Gasteiger charge is -2.15. The summed E-state index contributed by atoms with van der Waals surface area (Å²) in [6, 6.07) is 9.42. The van der Waals surface area contributed by atoms with Gasteiger partial charge in [-0.05, 0) is 18.4 Å². The lowest BCUT2D eigenvalue weighted by molar-refractivity contribution is -0.144. The van der Waals surface area contributed by atoms with Gasteiger partial charge in [0, 0.05) is 6.92 Å². The zero-order valence-corrected chi connectivity index (χ0v) is 10.0. The Morgan fingerprint density at radius 2 is 2.06 bits per heavy atom. The van der Waals surface area contributed by atoms with Crippen molar-refractivity contribution in [2.75, 3.05) is 0 Å². The Hall–Kier alpha value is -1.61. The standard InChI is InChI=1S/C14H18O3/c1-3-13(17-11(2)15)9-10-14(16)12-7-5-4-6-8-12/h3-8,13-14,16H,1,9-10H2,2H3. The van der Waals surface area contributed by atoms with Gasteiger partial charge in [0.1, 0.15) is 6.10 Å². The van der Waals surface area contributed by atoms with Crippen molar-refractivity contribution < 1.29 is 14.6 Å². The van der Waals surface area contributed by atoms with Gasteiger partial charge in [0.2, 0.25) is 0 Å². The SMILES string of the molecule is C=CC(CCC(O)c1ccccc1)OC(C)=O. The average Bonchev–Trinajstić information content (AvgIpc) is 2.34. The van der Waals surface area contributed by atoms with Gasteiger partial charge >= 0.3 is 5.97 Å². The molecule has 0 amide bonds. The van der Waals surface area contributed by atoms with Crippen LogP contribution in [0.1, 0.15) is 31.4 Å². The van der Waals surface area contributed by atoms with Crippen LogP contribution in [0.3, 0.4) is 0 Å². The number of rotatable bonds is 6. The molecule has 1 rings (SSSR count). The monoisotopic (exact) mass is 234 g/mol. The molecule has 1 N–H and O–H groups in total. The van der Waals surface area contributed by atoms with Crippen LogP contribution >= 0.6 is 0 Å². The van der Waals surface area contributed by atoms with Crippen LogP contribution in [0.5, 0.6) is 0 Å². The topological polar surface area (TPSA) is 46.5 Å². The minimum Gasteiger partial charge on any atom is -0.458 e. The molecule has 0 bridgehead atoms. The number of carbonyl (C=O) groups excluding carboxylic acids is 1. The first-order valence-electron chi connectivity index (χ1n) is 5.66. The van der Waals surface area contributed by atoms with E-state index in [1.165, 1.54) is 6.92 Å². The van der Waals surface area contributed by atoms with Gasteiger partial charge in [-0.25, -0.2) is 0 Å². The molecule has 0 aromatic heterocycles. The van der Waals surface area contributed by atoms with Crippen LogP contribution in [0.25, 0.3) is 0 Å². The molecule has 0 aliphatic carbocycles. The second kappa shape index (κ2) is 6.86. The van der Waals surface area contributed by atoms with E-state index in [0.29, 0.717) is 12.8 Å². The zero-order valence-electron chi connectivity index (χ0n) is 10.0.